The van der Waals surface area contributed by atoms with Crippen molar-refractivity contribution in [1.82, 2.24) is 14.9 Å². The van der Waals surface area contributed by atoms with Gasteiger partial charge in [-0.25, -0.2) is 0 Å². The fraction of sp³-hybridized carbons (Fsp3) is 0.368. The number of hydrogen-bond acceptors (Lipinski definition) is 4. The van der Waals surface area contributed by atoms with E-state index in [-0.39, 0.29) is 5.91 Å². The van der Waals surface area contributed by atoms with Gasteiger partial charge in [-0.3, -0.25) is 9.78 Å². The molecule has 130 valence electrons. The molecule has 0 unspecified atom stereocenters. The zero-order chi connectivity index (χ0) is 17.2. The van der Waals surface area contributed by atoms with Crippen LogP contribution >= 0.6 is 0 Å². The van der Waals surface area contributed by atoms with Crippen molar-refractivity contribution in [3.63, 3.8) is 0 Å². The van der Waals surface area contributed by atoms with Gasteiger partial charge in [0.1, 0.15) is 12.4 Å². The number of nitrogens with one attached hydrogen (secondary N) is 1. The highest BCUT2D eigenvalue weighted by atomic mass is 16.5. The molecule has 0 saturated carbocycles. The van der Waals surface area contributed by atoms with E-state index in [0.29, 0.717) is 30.6 Å². The molecule has 0 aromatic carbocycles. The lowest BCUT2D eigenvalue weighted by molar-refractivity contribution is 0.0666. The van der Waals surface area contributed by atoms with Crippen molar-refractivity contribution in [3.05, 3.63) is 53.7 Å². The molecular formula is C19H21N3O3. The molecule has 3 aromatic rings. The number of carbonyl (C=O) groups excluding carboxylic acids is 1. The topological polar surface area (TPSA) is 71.4 Å². The monoisotopic (exact) mass is 339 g/mol. The molecule has 3 aromatic heterocycles. The molecule has 1 aliphatic rings. The van der Waals surface area contributed by atoms with Crippen LogP contribution < -0.4 is 0 Å². The second-order valence-corrected chi connectivity index (χ2v) is 6.45. The van der Waals surface area contributed by atoms with E-state index < -0.39 is 0 Å². The van der Waals surface area contributed by atoms with Gasteiger partial charge in [0.15, 0.2) is 5.76 Å². The van der Waals surface area contributed by atoms with Crippen molar-refractivity contribution in [2.45, 2.75) is 25.4 Å². The van der Waals surface area contributed by atoms with E-state index in [9.17, 15) is 4.79 Å². The summed E-state index contributed by atoms with van der Waals surface area (Å²) in [5.74, 6) is 1.29. The summed E-state index contributed by atoms with van der Waals surface area (Å²) in [5.41, 5.74) is 3.15. The van der Waals surface area contributed by atoms with Crippen molar-refractivity contribution < 1.29 is 13.9 Å². The van der Waals surface area contributed by atoms with Gasteiger partial charge in [0.05, 0.1) is 11.0 Å². The third-order valence-corrected chi connectivity index (χ3v) is 4.72. The number of fused-ring (bicyclic) bond motifs is 1. The Hall–Kier alpha value is -2.60. The lowest BCUT2D eigenvalue weighted by Crippen LogP contribution is -2.39. The molecule has 1 fully saturated rings. The van der Waals surface area contributed by atoms with Crippen molar-refractivity contribution in [2.75, 3.05) is 20.2 Å². The van der Waals surface area contributed by atoms with Crippen LogP contribution in [0.5, 0.6) is 0 Å². The number of H-pyrrole nitrogens is 1. The molecule has 6 nitrogen and oxygen atoms in total. The highest BCUT2D eigenvalue weighted by Gasteiger charge is 2.28. The van der Waals surface area contributed by atoms with Crippen LogP contribution in [0.15, 0.2) is 40.9 Å². The first-order valence-corrected chi connectivity index (χ1v) is 8.55. The van der Waals surface area contributed by atoms with Gasteiger partial charge >= 0.3 is 0 Å². The summed E-state index contributed by atoms with van der Waals surface area (Å²) >= 11 is 0. The molecule has 0 radical (unpaired) electrons. The minimum Gasteiger partial charge on any atom is -0.453 e. The normalized spacial score (nSPS) is 18.0. The van der Waals surface area contributed by atoms with Gasteiger partial charge in [0.25, 0.3) is 5.91 Å². The molecule has 0 bridgehead atoms. The van der Waals surface area contributed by atoms with E-state index >= 15 is 0 Å². The first-order valence-electron chi connectivity index (χ1n) is 8.55. The maximum Gasteiger partial charge on any atom is 0.289 e. The van der Waals surface area contributed by atoms with Crippen molar-refractivity contribution in [1.29, 1.82) is 0 Å². The average molecular weight is 339 g/mol. The molecule has 1 atom stereocenters. The summed E-state index contributed by atoms with van der Waals surface area (Å²) in [4.78, 5) is 22.4. The highest BCUT2D eigenvalue weighted by Crippen LogP contribution is 2.29. The summed E-state index contributed by atoms with van der Waals surface area (Å²) in [6, 6.07) is 9.57. The van der Waals surface area contributed by atoms with E-state index in [1.807, 2.05) is 17.0 Å². The Morgan fingerprint density at radius 3 is 3.20 bits per heavy atom. The van der Waals surface area contributed by atoms with Gasteiger partial charge in [-0.2, -0.15) is 0 Å². The Morgan fingerprint density at radius 2 is 2.36 bits per heavy atom. The number of rotatable bonds is 4. The largest absolute Gasteiger partial charge is 0.453 e. The smallest absolute Gasteiger partial charge is 0.289 e. The zero-order valence-electron chi connectivity index (χ0n) is 14.2. The molecule has 4 heterocycles. The molecule has 6 heteroatoms. The maximum absolute atomic E-state index is 12.7. The molecular weight excluding hydrogens is 318 g/mol. The standard InChI is InChI=1S/C19H21N3O3/c1-24-12-14-6-7-18(25-14)19(23)22-9-3-4-13(11-22)16-10-17-15(21-16)5-2-8-20-17/h2,5-8,10,13,21H,3-4,9,11-12H2,1H3/t13-/m0/s1. The number of ether oxygens (including phenoxy) is 1. The number of methoxy groups -OCH3 is 1. The summed E-state index contributed by atoms with van der Waals surface area (Å²) in [6.45, 7) is 1.82. The minimum absolute atomic E-state index is 0.0544. The lowest BCUT2D eigenvalue weighted by Gasteiger charge is -2.31. The van der Waals surface area contributed by atoms with E-state index in [0.717, 1.165) is 36.1 Å². The quantitative estimate of drug-likeness (QED) is 0.791. The molecule has 1 amide bonds. The first-order chi connectivity index (χ1) is 12.2. The molecule has 25 heavy (non-hydrogen) atoms. The van der Waals surface area contributed by atoms with Crippen molar-refractivity contribution in [3.8, 4) is 0 Å². The predicted molar refractivity (Wildman–Crippen MR) is 93.4 cm³/mol. The van der Waals surface area contributed by atoms with Crippen LogP contribution in [0.3, 0.4) is 0 Å². The number of aromatic nitrogens is 2. The highest BCUT2D eigenvalue weighted by molar-refractivity contribution is 5.91. The number of amides is 1. The van der Waals surface area contributed by atoms with E-state index in [2.05, 4.69) is 16.0 Å². The van der Waals surface area contributed by atoms with Crippen LogP contribution in [0.1, 0.15) is 40.8 Å². The van der Waals surface area contributed by atoms with Gasteiger partial charge in [-0.1, -0.05) is 0 Å². The second kappa shape index (κ2) is 6.72. The number of furan rings is 1. The van der Waals surface area contributed by atoms with Gasteiger partial charge in [0, 0.05) is 38.0 Å². The molecule has 1 aliphatic heterocycles. The van der Waals surface area contributed by atoms with Crippen molar-refractivity contribution in [2.24, 2.45) is 0 Å². The first kappa shape index (κ1) is 15.9. The van der Waals surface area contributed by atoms with Gasteiger partial charge in [-0.05, 0) is 43.2 Å². The maximum atomic E-state index is 12.7. The molecule has 0 aliphatic carbocycles. The minimum atomic E-state index is -0.0544. The fourth-order valence-corrected chi connectivity index (χ4v) is 3.48. The van der Waals surface area contributed by atoms with E-state index in [1.165, 1.54) is 0 Å². The Labute approximate surface area is 145 Å². The second-order valence-electron chi connectivity index (χ2n) is 6.45. The average Bonchev–Trinajstić information content (AvgIpc) is 3.28. The SMILES string of the molecule is COCc1ccc(C(=O)N2CCC[C@H](c3cc4ncccc4[nH]3)C2)o1. The van der Waals surface area contributed by atoms with Crippen LogP contribution in [0.25, 0.3) is 11.0 Å². The Balaban J connectivity index is 1.50. The molecule has 0 spiro atoms. The Bertz CT molecular complexity index is 850. The number of hydrogen-bond donors (Lipinski definition) is 1. The number of nitrogens with zero attached hydrogens (tertiary/aromatic N) is 2. The third kappa shape index (κ3) is 3.17. The van der Waals surface area contributed by atoms with Gasteiger partial charge in [-0.15, -0.1) is 0 Å². The van der Waals surface area contributed by atoms with Gasteiger partial charge < -0.3 is 19.0 Å². The zero-order valence-corrected chi connectivity index (χ0v) is 14.2. The van der Waals surface area contributed by atoms with Crippen LogP contribution in [-0.2, 0) is 11.3 Å². The number of piperidine rings is 1. The molecule has 1 saturated heterocycles. The number of likely N-dealkylation sites (tertiary alicyclic amines) is 1. The van der Waals surface area contributed by atoms with Gasteiger partial charge in [0.2, 0.25) is 0 Å². The molecule has 4 rings (SSSR count). The van der Waals surface area contributed by atoms with E-state index in [1.54, 1.807) is 25.4 Å². The summed E-state index contributed by atoms with van der Waals surface area (Å²) in [5, 5.41) is 0. The Kier molecular flexibility index (Phi) is 4.28. The number of aromatic amines is 1. The van der Waals surface area contributed by atoms with Crippen LogP contribution in [-0.4, -0.2) is 41.0 Å². The van der Waals surface area contributed by atoms with Crippen molar-refractivity contribution >= 4 is 16.9 Å². The summed E-state index contributed by atoms with van der Waals surface area (Å²) < 4.78 is 10.6. The fourth-order valence-electron chi connectivity index (χ4n) is 3.48. The van der Waals surface area contributed by atoms with Crippen LogP contribution in [0, 0.1) is 0 Å². The van der Waals surface area contributed by atoms with Crippen LogP contribution in [0.2, 0.25) is 0 Å². The number of pyridine rings is 1. The molecule has 1 N–H and O–H groups in total. The predicted octanol–water partition coefficient (Wildman–Crippen LogP) is 3.32. The third-order valence-electron chi connectivity index (χ3n) is 4.72. The van der Waals surface area contributed by atoms with E-state index in [4.69, 9.17) is 9.15 Å². The van der Waals surface area contributed by atoms with Crippen LogP contribution in [0.4, 0.5) is 0 Å². The number of carbonyl (C=O) groups is 1. The Morgan fingerprint density at radius 1 is 1.44 bits per heavy atom. The summed E-state index contributed by atoms with van der Waals surface area (Å²) in [7, 11) is 1.61. The lowest BCUT2D eigenvalue weighted by atomic mass is 9.94. The summed E-state index contributed by atoms with van der Waals surface area (Å²) in [6.07, 6.45) is 3.83.